The molecule has 0 aliphatic carbocycles. The van der Waals surface area contributed by atoms with E-state index < -0.39 is 5.97 Å². The molecule has 0 amide bonds. The van der Waals surface area contributed by atoms with E-state index in [1.807, 2.05) is 24.3 Å². The zero-order valence-corrected chi connectivity index (χ0v) is 10.3. The van der Waals surface area contributed by atoms with Gasteiger partial charge in [0.2, 0.25) is 0 Å². The number of carbonyl (C=O) groups is 1. The molecule has 4 nitrogen and oxygen atoms in total. The van der Waals surface area contributed by atoms with Crippen LogP contribution in [0.5, 0.6) is 5.75 Å². The minimum Gasteiger partial charge on any atom is -0.497 e. The maximum absolute atomic E-state index is 10.4. The molecule has 0 fully saturated rings. The van der Waals surface area contributed by atoms with Gasteiger partial charge in [0.1, 0.15) is 5.75 Å². The third-order valence-electron chi connectivity index (χ3n) is 2.61. The van der Waals surface area contributed by atoms with Crippen LogP contribution in [0.25, 0.3) is 0 Å². The summed E-state index contributed by atoms with van der Waals surface area (Å²) >= 11 is 0. The molecule has 0 aromatic heterocycles. The van der Waals surface area contributed by atoms with Crippen LogP contribution >= 0.6 is 0 Å². The second kappa shape index (κ2) is 6.91. The number of nitrogens with one attached hydrogen (secondary N) is 1. The van der Waals surface area contributed by atoms with Gasteiger partial charge in [0.05, 0.1) is 7.11 Å². The molecule has 0 bridgehead atoms. The number of hydrogen-bond donors (Lipinski definition) is 2. The van der Waals surface area contributed by atoms with Gasteiger partial charge in [0.25, 0.3) is 0 Å². The number of benzene rings is 1. The normalized spacial score (nSPS) is 12.1. The van der Waals surface area contributed by atoms with Gasteiger partial charge in [-0.25, -0.2) is 0 Å². The Kier molecular flexibility index (Phi) is 5.49. The summed E-state index contributed by atoms with van der Waals surface area (Å²) in [5.74, 6) is 0.0857. The first-order valence-corrected chi connectivity index (χ1v) is 5.72. The summed E-state index contributed by atoms with van der Waals surface area (Å²) < 4.78 is 5.16. The van der Waals surface area contributed by atoms with E-state index in [1.54, 1.807) is 7.11 Å². The summed E-state index contributed by atoms with van der Waals surface area (Å²) in [5, 5.41) is 11.8. The van der Waals surface area contributed by atoms with E-state index in [1.165, 1.54) is 0 Å². The maximum Gasteiger partial charge on any atom is 0.303 e. The predicted octanol–water partition coefficient (Wildman–Crippen LogP) is 2.21. The van der Waals surface area contributed by atoms with Gasteiger partial charge in [0.15, 0.2) is 0 Å². The number of aliphatic carboxylic acids is 1. The summed E-state index contributed by atoms with van der Waals surface area (Å²) in [6.07, 6.45) is 0.849. The van der Waals surface area contributed by atoms with E-state index >= 15 is 0 Å². The first-order valence-electron chi connectivity index (χ1n) is 5.72. The second-order valence-corrected chi connectivity index (χ2v) is 3.95. The summed E-state index contributed by atoms with van der Waals surface area (Å²) in [6.45, 7) is 2.75. The number of methoxy groups -OCH3 is 1. The van der Waals surface area contributed by atoms with E-state index in [9.17, 15) is 4.79 Å². The van der Waals surface area contributed by atoms with Crippen LogP contribution in [0.1, 0.15) is 31.4 Å². The smallest absolute Gasteiger partial charge is 0.303 e. The fraction of sp³-hybridized carbons (Fsp3) is 0.462. The van der Waals surface area contributed by atoms with Crippen LogP contribution in [0.2, 0.25) is 0 Å². The zero-order chi connectivity index (χ0) is 12.7. The number of hydrogen-bond acceptors (Lipinski definition) is 3. The summed E-state index contributed by atoms with van der Waals surface area (Å²) in [6, 6.07) is 8.05. The Morgan fingerprint density at radius 1 is 1.53 bits per heavy atom. The molecule has 4 heteroatoms. The molecule has 1 aromatic rings. The van der Waals surface area contributed by atoms with Gasteiger partial charge in [-0.15, -0.1) is 0 Å². The molecular weight excluding hydrogens is 218 g/mol. The molecule has 0 radical (unpaired) electrons. The Morgan fingerprint density at radius 3 is 2.94 bits per heavy atom. The molecule has 1 rings (SSSR count). The highest BCUT2D eigenvalue weighted by Gasteiger charge is 2.05. The van der Waals surface area contributed by atoms with Crippen molar-refractivity contribution in [3.05, 3.63) is 29.8 Å². The van der Waals surface area contributed by atoms with Crippen LogP contribution in [0.3, 0.4) is 0 Å². The van der Waals surface area contributed by atoms with Crippen molar-refractivity contribution >= 4 is 5.97 Å². The second-order valence-electron chi connectivity index (χ2n) is 3.95. The number of rotatable bonds is 7. The van der Waals surface area contributed by atoms with Crippen molar-refractivity contribution in [2.75, 3.05) is 13.7 Å². The minimum absolute atomic E-state index is 0.193. The molecule has 0 aliphatic heterocycles. The van der Waals surface area contributed by atoms with Crippen molar-refractivity contribution < 1.29 is 14.6 Å². The summed E-state index contributed by atoms with van der Waals surface area (Å²) in [5.41, 5.74) is 1.14. The van der Waals surface area contributed by atoms with Gasteiger partial charge in [-0.05, 0) is 37.6 Å². The molecule has 0 saturated carbocycles. The lowest BCUT2D eigenvalue weighted by Gasteiger charge is -2.14. The van der Waals surface area contributed by atoms with Crippen LogP contribution in [0.4, 0.5) is 0 Å². The van der Waals surface area contributed by atoms with E-state index in [0.29, 0.717) is 13.0 Å². The van der Waals surface area contributed by atoms with Gasteiger partial charge < -0.3 is 15.2 Å². The van der Waals surface area contributed by atoms with Gasteiger partial charge in [-0.3, -0.25) is 4.79 Å². The van der Waals surface area contributed by atoms with Crippen LogP contribution in [-0.2, 0) is 4.79 Å². The zero-order valence-electron chi connectivity index (χ0n) is 10.3. The average Bonchev–Trinajstić information content (AvgIpc) is 2.34. The average molecular weight is 237 g/mol. The highest BCUT2D eigenvalue weighted by atomic mass is 16.5. The Morgan fingerprint density at radius 2 is 2.29 bits per heavy atom. The molecule has 0 saturated heterocycles. The lowest BCUT2D eigenvalue weighted by atomic mass is 10.1. The predicted molar refractivity (Wildman–Crippen MR) is 66.3 cm³/mol. The Labute approximate surface area is 102 Å². The topological polar surface area (TPSA) is 58.6 Å². The lowest BCUT2D eigenvalue weighted by Crippen LogP contribution is -2.20. The van der Waals surface area contributed by atoms with E-state index in [4.69, 9.17) is 9.84 Å². The highest BCUT2D eigenvalue weighted by molar-refractivity contribution is 5.66. The SMILES string of the molecule is COc1cccc(C(C)NCCCC(=O)O)c1. The largest absolute Gasteiger partial charge is 0.497 e. The van der Waals surface area contributed by atoms with Crippen LogP contribution < -0.4 is 10.1 Å². The molecule has 0 spiro atoms. The lowest BCUT2D eigenvalue weighted by molar-refractivity contribution is -0.137. The van der Waals surface area contributed by atoms with Crippen LogP contribution in [0, 0.1) is 0 Å². The quantitative estimate of drug-likeness (QED) is 0.714. The van der Waals surface area contributed by atoms with Crippen LogP contribution in [-0.4, -0.2) is 24.7 Å². The monoisotopic (exact) mass is 237 g/mol. The number of carboxylic acids is 1. The number of carboxylic acid groups (broad SMARTS) is 1. The molecule has 1 unspecified atom stereocenters. The third kappa shape index (κ3) is 4.87. The highest BCUT2D eigenvalue weighted by Crippen LogP contribution is 2.18. The van der Waals surface area contributed by atoms with Crippen molar-refractivity contribution in [2.24, 2.45) is 0 Å². The summed E-state index contributed by atoms with van der Waals surface area (Å²) in [4.78, 5) is 10.4. The van der Waals surface area contributed by atoms with Gasteiger partial charge in [0, 0.05) is 12.5 Å². The maximum atomic E-state index is 10.4. The van der Waals surface area contributed by atoms with E-state index in [0.717, 1.165) is 11.3 Å². The van der Waals surface area contributed by atoms with E-state index in [-0.39, 0.29) is 12.5 Å². The van der Waals surface area contributed by atoms with Crippen molar-refractivity contribution in [1.29, 1.82) is 0 Å². The Hall–Kier alpha value is -1.55. The van der Waals surface area contributed by atoms with Crippen molar-refractivity contribution in [3.63, 3.8) is 0 Å². The fourth-order valence-electron chi connectivity index (χ4n) is 1.59. The molecule has 17 heavy (non-hydrogen) atoms. The molecule has 94 valence electrons. The number of ether oxygens (including phenoxy) is 1. The fourth-order valence-corrected chi connectivity index (χ4v) is 1.59. The summed E-state index contributed by atoms with van der Waals surface area (Å²) in [7, 11) is 1.64. The molecule has 2 N–H and O–H groups in total. The first-order chi connectivity index (χ1) is 8.13. The van der Waals surface area contributed by atoms with Gasteiger partial charge in [-0.2, -0.15) is 0 Å². The third-order valence-corrected chi connectivity index (χ3v) is 2.61. The van der Waals surface area contributed by atoms with Crippen molar-refractivity contribution in [3.8, 4) is 5.75 Å². The molecule has 0 heterocycles. The molecule has 1 atom stereocenters. The van der Waals surface area contributed by atoms with Crippen LogP contribution in [0.15, 0.2) is 24.3 Å². The molecule has 1 aromatic carbocycles. The van der Waals surface area contributed by atoms with Gasteiger partial charge in [-0.1, -0.05) is 12.1 Å². The standard InChI is InChI=1S/C13H19NO3/c1-10(14-8-4-7-13(15)16)11-5-3-6-12(9-11)17-2/h3,5-6,9-10,14H,4,7-8H2,1-2H3,(H,15,16). The molecular formula is C13H19NO3. The first kappa shape index (κ1) is 13.5. The van der Waals surface area contributed by atoms with Crippen molar-refractivity contribution in [2.45, 2.75) is 25.8 Å². The Balaban J connectivity index is 2.40. The Bertz CT molecular complexity index is 365. The minimum atomic E-state index is -0.749. The van der Waals surface area contributed by atoms with Gasteiger partial charge >= 0.3 is 5.97 Å². The van der Waals surface area contributed by atoms with Crippen molar-refractivity contribution in [1.82, 2.24) is 5.32 Å². The van der Waals surface area contributed by atoms with E-state index in [2.05, 4.69) is 12.2 Å². The molecule has 0 aliphatic rings.